The third kappa shape index (κ3) is 5.58. The highest BCUT2D eigenvalue weighted by Gasteiger charge is 2.12. The molecule has 0 heterocycles. The van der Waals surface area contributed by atoms with E-state index in [1.165, 1.54) is 0 Å². The summed E-state index contributed by atoms with van der Waals surface area (Å²) >= 11 is 0. The van der Waals surface area contributed by atoms with Crippen LogP contribution in [0.25, 0.3) is 0 Å². The third-order valence-corrected chi connectivity index (χ3v) is 4.22. The Hall–Kier alpha value is -2.82. The fourth-order valence-corrected chi connectivity index (χ4v) is 2.75. The Morgan fingerprint density at radius 2 is 1.33 bits per heavy atom. The van der Waals surface area contributed by atoms with Crippen LogP contribution in [0.3, 0.4) is 0 Å². The minimum Gasteiger partial charge on any atom is -0.485 e. The summed E-state index contributed by atoms with van der Waals surface area (Å²) < 4.78 is 12.0. The van der Waals surface area contributed by atoms with E-state index in [0.29, 0.717) is 31.3 Å². The third-order valence-electron chi connectivity index (χ3n) is 4.22. The molecule has 1 atom stereocenters. The summed E-state index contributed by atoms with van der Waals surface area (Å²) in [5.41, 5.74) is 2.96. The largest absolute Gasteiger partial charge is 0.485 e. The zero-order valence-corrected chi connectivity index (χ0v) is 15.5. The number of rotatable bonds is 9. The predicted octanol–water partition coefficient (Wildman–Crippen LogP) is 4.10. The van der Waals surface area contributed by atoms with Crippen molar-refractivity contribution in [2.45, 2.75) is 19.3 Å². The van der Waals surface area contributed by atoms with Gasteiger partial charge in [-0.25, -0.2) is 0 Å². The van der Waals surface area contributed by atoms with Crippen molar-refractivity contribution in [3.05, 3.63) is 95.6 Å². The Kier molecular flexibility index (Phi) is 6.85. The van der Waals surface area contributed by atoms with Gasteiger partial charge in [0.2, 0.25) is 0 Å². The Morgan fingerprint density at radius 1 is 0.778 bits per heavy atom. The Labute approximate surface area is 160 Å². The van der Waals surface area contributed by atoms with Crippen molar-refractivity contribution >= 4 is 0 Å². The molecule has 4 nitrogen and oxygen atoms in total. The number of hydrogen-bond acceptors (Lipinski definition) is 4. The van der Waals surface area contributed by atoms with E-state index in [4.69, 9.17) is 9.47 Å². The van der Waals surface area contributed by atoms with Gasteiger partial charge in [-0.05, 0) is 35.9 Å². The van der Waals surface area contributed by atoms with Gasteiger partial charge in [0.15, 0.2) is 11.5 Å². The summed E-state index contributed by atoms with van der Waals surface area (Å²) in [6, 6.07) is 25.6. The summed E-state index contributed by atoms with van der Waals surface area (Å²) in [5.74, 6) is 1.29. The maximum Gasteiger partial charge on any atom is 0.162 e. The van der Waals surface area contributed by atoms with E-state index in [9.17, 15) is 5.11 Å². The minimum atomic E-state index is -0.600. The van der Waals surface area contributed by atoms with Crippen LogP contribution in [0, 0.1) is 0 Å². The number of aliphatic hydroxyl groups excluding tert-OH is 1. The first-order valence-electron chi connectivity index (χ1n) is 9.06. The van der Waals surface area contributed by atoms with Gasteiger partial charge in [-0.2, -0.15) is 0 Å². The van der Waals surface area contributed by atoms with Gasteiger partial charge in [-0.1, -0.05) is 66.7 Å². The van der Waals surface area contributed by atoms with Gasteiger partial charge in [0.25, 0.3) is 0 Å². The lowest BCUT2D eigenvalue weighted by Crippen LogP contribution is -2.16. The van der Waals surface area contributed by atoms with E-state index in [-0.39, 0.29) is 0 Å². The van der Waals surface area contributed by atoms with Crippen LogP contribution in [-0.2, 0) is 13.2 Å². The molecule has 0 saturated heterocycles. The molecular weight excluding hydrogens is 338 g/mol. The lowest BCUT2D eigenvalue weighted by Gasteiger charge is -2.17. The van der Waals surface area contributed by atoms with Gasteiger partial charge in [-0.3, -0.25) is 0 Å². The highest BCUT2D eigenvalue weighted by atomic mass is 16.5. The average molecular weight is 363 g/mol. The van der Waals surface area contributed by atoms with Crippen molar-refractivity contribution in [3.8, 4) is 11.5 Å². The summed E-state index contributed by atoms with van der Waals surface area (Å²) in [4.78, 5) is 0. The number of benzene rings is 3. The highest BCUT2D eigenvalue weighted by molar-refractivity contribution is 5.44. The maximum atomic E-state index is 10.3. The molecule has 0 aliphatic carbocycles. The first-order chi connectivity index (χ1) is 13.3. The molecule has 0 bridgehead atoms. The number of likely N-dealkylation sites (N-methyl/N-ethyl adjacent to an activating group) is 1. The normalized spacial score (nSPS) is 11.8. The Balaban J connectivity index is 1.77. The van der Waals surface area contributed by atoms with Crippen LogP contribution in [0.1, 0.15) is 22.8 Å². The van der Waals surface area contributed by atoms with E-state index in [0.717, 1.165) is 16.7 Å². The molecule has 0 amide bonds. The molecule has 3 aromatic carbocycles. The number of hydrogen-bond donors (Lipinski definition) is 2. The van der Waals surface area contributed by atoms with Crippen LogP contribution in [0.4, 0.5) is 0 Å². The second-order valence-electron chi connectivity index (χ2n) is 6.33. The van der Waals surface area contributed by atoms with Crippen LogP contribution in [0.5, 0.6) is 11.5 Å². The molecule has 1 unspecified atom stereocenters. The van der Waals surface area contributed by atoms with Crippen molar-refractivity contribution in [2.24, 2.45) is 0 Å². The first kappa shape index (κ1) is 19.0. The van der Waals surface area contributed by atoms with E-state index in [2.05, 4.69) is 5.32 Å². The van der Waals surface area contributed by atoms with Crippen molar-refractivity contribution in [1.82, 2.24) is 5.32 Å². The molecular formula is C23H25NO3. The molecule has 0 saturated carbocycles. The SMILES string of the molecule is CNCC(O)c1ccc(OCc2ccccc2)c(OCc2ccccc2)c1. The molecule has 0 aliphatic rings. The van der Waals surface area contributed by atoms with Crippen LogP contribution in [-0.4, -0.2) is 18.7 Å². The predicted molar refractivity (Wildman–Crippen MR) is 107 cm³/mol. The molecule has 0 aromatic heterocycles. The molecule has 3 rings (SSSR count). The van der Waals surface area contributed by atoms with Gasteiger partial charge in [0, 0.05) is 6.54 Å². The summed E-state index contributed by atoms with van der Waals surface area (Å²) in [7, 11) is 1.81. The first-order valence-corrected chi connectivity index (χ1v) is 9.06. The van der Waals surface area contributed by atoms with E-state index in [1.807, 2.05) is 85.9 Å². The van der Waals surface area contributed by atoms with E-state index in [1.54, 1.807) is 0 Å². The summed E-state index contributed by atoms with van der Waals surface area (Å²) in [5, 5.41) is 13.3. The highest BCUT2D eigenvalue weighted by Crippen LogP contribution is 2.32. The van der Waals surface area contributed by atoms with Crippen molar-refractivity contribution in [3.63, 3.8) is 0 Å². The van der Waals surface area contributed by atoms with Gasteiger partial charge in [0.1, 0.15) is 13.2 Å². The van der Waals surface area contributed by atoms with Gasteiger partial charge < -0.3 is 19.9 Å². The molecule has 0 aliphatic heterocycles. The van der Waals surface area contributed by atoms with Gasteiger partial charge in [0.05, 0.1) is 6.10 Å². The second kappa shape index (κ2) is 9.76. The fraction of sp³-hybridized carbons (Fsp3) is 0.217. The monoisotopic (exact) mass is 363 g/mol. The molecule has 140 valence electrons. The van der Waals surface area contributed by atoms with Crippen LogP contribution in [0.15, 0.2) is 78.9 Å². The number of ether oxygens (including phenoxy) is 2. The van der Waals surface area contributed by atoms with Gasteiger partial charge >= 0.3 is 0 Å². The fourth-order valence-electron chi connectivity index (χ4n) is 2.75. The average Bonchev–Trinajstić information content (AvgIpc) is 2.72. The zero-order chi connectivity index (χ0) is 18.9. The van der Waals surface area contributed by atoms with Gasteiger partial charge in [-0.15, -0.1) is 0 Å². The standard InChI is InChI=1S/C23H25NO3/c1-24-15-21(25)20-12-13-22(26-16-18-8-4-2-5-9-18)23(14-20)27-17-19-10-6-3-7-11-19/h2-14,21,24-25H,15-17H2,1H3. The Morgan fingerprint density at radius 3 is 1.89 bits per heavy atom. The molecule has 4 heteroatoms. The smallest absolute Gasteiger partial charge is 0.162 e. The molecule has 0 radical (unpaired) electrons. The molecule has 2 N–H and O–H groups in total. The molecule has 0 fully saturated rings. The summed E-state index contributed by atoms with van der Waals surface area (Å²) in [6.45, 7) is 1.37. The number of aliphatic hydroxyl groups is 1. The molecule has 3 aromatic rings. The second-order valence-corrected chi connectivity index (χ2v) is 6.33. The molecule has 27 heavy (non-hydrogen) atoms. The van der Waals surface area contributed by atoms with Crippen LogP contribution >= 0.6 is 0 Å². The quantitative estimate of drug-likeness (QED) is 0.601. The lowest BCUT2D eigenvalue weighted by molar-refractivity contribution is 0.176. The van der Waals surface area contributed by atoms with Crippen molar-refractivity contribution < 1.29 is 14.6 Å². The topological polar surface area (TPSA) is 50.7 Å². The minimum absolute atomic E-state index is 0.439. The molecule has 0 spiro atoms. The lowest BCUT2D eigenvalue weighted by atomic mass is 10.1. The van der Waals surface area contributed by atoms with E-state index >= 15 is 0 Å². The van der Waals surface area contributed by atoms with Crippen molar-refractivity contribution in [1.29, 1.82) is 0 Å². The van der Waals surface area contributed by atoms with E-state index < -0.39 is 6.10 Å². The Bertz CT molecular complexity index is 822. The van der Waals surface area contributed by atoms with Crippen LogP contribution in [0.2, 0.25) is 0 Å². The van der Waals surface area contributed by atoms with Crippen LogP contribution < -0.4 is 14.8 Å². The maximum absolute atomic E-state index is 10.3. The number of nitrogens with one attached hydrogen (secondary N) is 1. The zero-order valence-electron chi connectivity index (χ0n) is 15.5. The summed E-state index contributed by atoms with van der Waals surface area (Å²) in [6.07, 6.45) is -0.600. The van der Waals surface area contributed by atoms with Crippen molar-refractivity contribution in [2.75, 3.05) is 13.6 Å².